The number of hydrogen-bond acceptors (Lipinski definition) is 2. The van der Waals surface area contributed by atoms with Crippen molar-refractivity contribution in [3.8, 4) is 0 Å². The third-order valence-electron chi connectivity index (χ3n) is 4.56. The number of aliphatic imine (C=N–C) groups is 1. The van der Waals surface area contributed by atoms with Crippen LogP contribution in [0.1, 0.15) is 23.1 Å². The molecule has 0 aliphatic carbocycles. The van der Waals surface area contributed by atoms with Crippen molar-refractivity contribution in [3.05, 3.63) is 119 Å². The van der Waals surface area contributed by atoms with Gasteiger partial charge < -0.3 is 5.32 Å². The summed E-state index contributed by atoms with van der Waals surface area (Å²) >= 11 is 0. The zero-order chi connectivity index (χ0) is 18.5. The molecular weight excluding hydrogens is 328 g/mol. The summed E-state index contributed by atoms with van der Waals surface area (Å²) < 4.78 is 0. The predicted octanol–water partition coefficient (Wildman–Crippen LogP) is 6.22. The van der Waals surface area contributed by atoms with Crippen molar-refractivity contribution >= 4 is 17.1 Å². The molecule has 0 unspecified atom stereocenters. The topological polar surface area (TPSA) is 24.4 Å². The van der Waals surface area contributed by atoms with Gasteiger partial charge in [-0.3, -0.25) is 0 Å². The third-order valence-corrected chi connectivity index (χ3v) is 4.56. The summed E-state index contributed by atoms with van der Waals surface area (Å²) in [5, 5.41) is 3.56. The molecule has 3 aromatic carbocycles. The summed E-state index contributed by atoms with van der Waals surface area (Å²) in [6, 6.07) is 29.2. The Balaban J connectivity index is 1.71. The second-order valence-electron chi connectivity index (χ2n) is 6.68. The summed E-state index contributed by atoms with van der Waals surface area (Å²) in [7, 11) is 0. The van der Waals surface area contributed by atoms with E-state index in [0.717, 1.165) is 40.3 Å². The summed E-state index contributed by atoms with van der Waals surface area (Å²) in [5.41, 5.74) is 7.71. The van der Waals surface area contributed by atoms with Crippen molar-refractivity contribution in [2.24, 2.45) is 4.99 Å². The zero-order valence-corrected chi connectivity index (χ0v) is 15.4. The van der Waals surface area contributed by atoms with Crippen molar-refractivity contribution in [3.63, 3.8) is 0 Å². The molecule has 0 radical (unpaired) electrons. The van der Waals surface area contributed by atoms with Crippen LogP contribution in [0.4, 0.5) is 5.69 Å². The van der Waals surface area contributed by atoms with Gasteiger partial charge in [0.05, 0.1) is 11.4 Å². The van der Waals surface area contributed by atoms with Crippen molar-refractivity contribution in [1.82, 2.24) is 0 Å². The summed E-state index contributed by atoms with van der Waals surface area (Å²) in [6.07, 6.45) is 5.15. The van der Waals surface area contributed by atoms with Crippen LogP contribution in [0, 0.1) is 6.92 Å². The number of benzene rings is 3. The molecule has 1 aliphatic heterocycles. The highest BCUT2D eigenvalue weighted by atomic mass is 14.9. The van der Waals surface area contributed by atoms with Gasteiger partial charge in [0.2, 0.25) is 0 Å². The Hall–Kier alpha value is -3.39. The first-order valence-corrected chi connectivity index (χ1v) is 9.22. The maximum atomic E-state index is 4.98. The second kappa shape index (κ2) is 7.88. The Bertz CT molecular complexity index is 995. The van der Waals surface area contributed by atoms with Crippen LogP contribution in [-0.2, 0) is 0 Å². The molecule has 4 rings (SSSR count). The molecule has 0 atom stereocenters. The first-order chi connectivity index (χ1) is 13.3. The predicted molar refractivity (Wildman–Crippen MR) is 115 cm³/mol. The molecule has 0 bridgehead atoms. The summed E-state index contributed by atoms with van der Waals surface area (Å²) in [5.74, 6) is 0. The quantitative estimate of drug-likeness (QED) is 0.593. The second-order valence-corrected chi connectivity index (χ2v) is 6.68. The van der Waals surface area contributed by atoms with Crippen molar-refractivity contribution in [2.75, 3.05) is 5.32 Å². The van der Waals surface area contributed by atoms with Crippen molar-refractivity contribution in [1.29, 1.82) is 0 Å². The van der Waals surface area contributed by atoms with Gasteiger partial charge >= 0.3 is 0 Å². The van der Waals surface area contributed by atoms with E-state index in [-0.39, 0.29) is 0 Å². The Labute approximate surface area is 160 Å². The van der Waals surface area contributed by atoms with E-state index in [4.69, 9.17) is 4.99 Å². The van der Waals surface area contributed by atoms with E-state index in [2.05, 4.69) is 97.2 Å². The SMILES string of the molecule is Cc1ccc(NC2=CC(c3ccccc3)=NC(c3ccccc3)=CC2)cc1. The first kappa shape index (κ1) is 17.0. The lowest BCUT2D eigenvalue weighted by Crippen LogP contribution is -2.03. The van der Waals surface area contributed by atoms with Crippen LogP contribution in [0.25, 0.3) is 5.70 Å². The van der Waals surface area contributed by atoms with Crippen LogP contribution in [0.2, 0.25) is 0 Å². The number of nitrogens with zero attached hydrogens (tertiary/aromatic N) is 1. The van der Waals surface area contributed by atoms with E-state index < -0.39 is 0 Å². The number of rotatable bonds is 4. The molecule has 0 saturated carbocycles. The van der Waals surface area contributed by atoms with E-state index in [0.29, 0.717) is 0 Å². The molecule has 0 fully saturated rings. The van der Waals surface area contributed by atoms with E-state index >= 15 is 0 Å². The average molecular weight is 350 g/mol. The fourth-order valence-corrected chi connectivity index (χ4v) is 3.10. The molecule has 1 N–H and O–H groups in total. The highest BCUT2D eigenvalue weighted by Crippen LogP contribution is 2.24. The van der Waals surface area contributed by atoms with Crippen LogP contribution >= 0.6 is 0 Å². The van der Waals surface area contributed by atoms with Gasteiger partial charge in [-0.15, -0.1) is 0 Å². The fraction of sp³-hybridized carbons (Fsp3) is 0.0800. The molecule has 0 spiro atoms. The van der Waals surface area contributed by atoms with Crippen LogP contribution in [0.3, 0.4) is 0 Å². The number of aryl methyl sites for hydroxylation is 1. The maximum Gasteiger partial charge on any atom is 0.0726 e. The van der Waals surface area contributed by atoms with E-state index in [1.807, 2.05) is 12.1 Å². The lowest BCUT2D eigenvalue weighted by atomic mass is 10.1. The lowest BCUT2D eigenvalue weighted by molar-refractivity contribution is 1.22. The molecule has 1 aliphatic rings. The third kappa shape index (κ3) is 4.24. The molecule has 2 nitrogen and oxygen atoms in total. The standard InChI is InChI=1S/C25H22N2/c1-19-12-14-22(15-13-19)26-23-16-17-24(20-8-4-2-5-9-20)27-25(18-23)21-10-6-3-7-11-21/h2-15,17-18,26H,16H2,1H3. The van der Waals surface area contributed by atoms with Gasteiger partial charge in [-0.1, -0.05) is 84.4 Å². The van der Waals surface area contributed by atoms with Gasteiger partial charge in [0.25, 0.3) is 0 Å². The molecule has 1 heterocycles. The zero-order valence-electron chi connectivity index (χ0n) is 15.4. The number of allylic oxidation sites excluding steroid dienone is 2. The molecule has 0 amide bonds. The van der Waals surface area contributed by atoms with Gasteiger partial charge in [-0.05, 0) is 30.7 Å². The smallest absolute Gasteiger partial charge is 0.0726 e. The lowest BCUT2D eigenvalue weighted by Gasteiger charge is -2.10. The van der Waals surface area contributed by atoms with Crippen LogP contribution in [0.15, 0.2) is 108 Å². The Morgan fingerprint density at radius 2 is 1.37 bits per heavy atom. The highest BCUT2D eigenvalue weighted by molar-refractivity contribution is 6.11. The van der Waals surface area contributed by atoms with E-state index in [9.17, 15) is 0 Å². The molecule has 27 heavy (non-hydrogen) atoms. The maximum absolute atomic E-state index is 4.98. The number of hydrogen-bond donors (Lipinski definition) is 1. The average Bonchev–Trinajstić information content (AvgIpc) is 2.94. The number of nitrogens with one attached hydrogen (secondary N) is 1. The van der Waals surface area contributed by atoms with Crippen molar-refractivity contribution < 1.29 is 0 Å². The monoisotopic (exact) mass is 350 g/mol. The molecule has 132 valence electrons. The van der Waals surface area contributed by atoms with Gasteiger partial charge in [0.1, 0.15) is 0 Å². The van der Waals surface area contributed by atoms with Crippen LogP contribution < -0.4 is 5.32 Å². The minimum atomic E-state index is 0.804. The van der Waals surface area contributed by atoms with Crippen LogP contribution in [-0.4, -0.2) is 5.71 Å². The van der Waals surface area contributed by atoms with Gasteiger partial charge in [0, 0.05) is 23.4 Å². The molecule has 0 aromatic heterocycles. The van der Waals surface area contributed by atoms with E-state index in [1.165, 1.54) is 5.56 Å². The first-order valence-electron chi connectivity index (χ1n) is 9.22. The number of anilines is 1. The summed E-state index contributed by atoms with van der Waals surface area (Å²) in [6.45, 7) is 2.10. The van der Waals surface area contributed by atoms with E-state index in [1.54, 1.807) is 0 Å². The molecular formula is C25H22N2. The Morgan fingerprint density at radius 3 is 2.04 bits per heavy atom. The van der Waals surface area contributed by atoms with Gasteiger partial charge in [-0.25, -0.2) is 4.99 Å². The Morgan fingerprint density at radius 1 is 0.741 bits per heavy atom. The largest absolute Gasteiger partial charge is 0.359 e. The van der Waals surface area contributed by atoms with Gasteiger partial charge in [0.15, 0.2) is 0 Å². The van der Waals surface area contributed by atoms with Gasteiger partial charge in [-0.2, -0.15) is 0 Å². The summed E-state index contributed by atoms with van der Waals surface area (Å²) in [4.78, 5) is 4.98. The molecule has 3 aromatic rings. The fourth-order valence-electron chi connectivity index (χ4n) is 3.10. The molecule has 0 saturated heterocycles. The van der Waals surface area contributed by atoms with Crippen molar-refractivity contribution in [2.45, 2.75) is 13.3 Å². The van der Waals surface area contributed by atoms with Crippen LogP contribution in [0.5, 0.6) is 0 Å². The minimum absolute atomic E-state index is 0.804. The normalized spacial score (nSPS) is 13.9. The Kier molecular flexibility index (Phi) is 4.97. The minimum Gasteiger partial charge on any atom is -0.359 e. The molecule has 2 heteroatoms. The highest BCUT2D eigenvalue weighted by Gasteiger charge is 2.11.